The number of hydrogen-bond acceptors (Lipinski definition) is 3. The van der Waals surface area contributed by atoms with Crippen molar-refractivity contribution in [3.8, 4) is 0 Å². The van der Waals surface area contributed by atoms with Gasteiger partial charge in [0.25, 0.3) is 5.91 Å². The first-order valence-electron chi connectivity index (χ1n) is 5.56. The number of carbonyl (C=O) groups excluding carboxylic acids is 1. The highest BCUT2D eigenvalue weighted by Gasteiger charge is 2.29. The van der Waals surface area contributed by atoms with Crippen molar-refractivity contribution in [1.29, 1.82) is 0 Å². The number of rotatable bonds is 1. The molecule has 3 nitrogen and oxygen atoms in total. The molecule has 2 atom stereocenters. The highest BCUT2D eigenvalue weighted by atomic mass is 32.1. The van der Waals surface area contributed by atoms with Gasteiger partial charge in [0, 0.05) is 6.54 Å². The number of nitrogens with zero attached hydrogens (tertiary/aromatic N) is 1. The standard InChI is InChI=1S/C12H17NO2S/c1-8-4-5-16-11(8)12(14)13-6-10(3)15-7-9(13)2/h4-5,9-10H,6-7H2,1-3H3/t9-,10-/m0/s1. The number of morpholine rings is 1. The number of ether oxygens (including phenoxy) is 1. The van der Waals surface area contributed by atoms with Gasteiger partial charge in [-0.25, -0.2) is 0 Å². The molecule has 1 aromatic rings. The van der Waals surface area contributed by atoms with E-state index in [1.807, 2.05) is 37.1 Å². The Morgan fingerprint density at radius 3 is 2.94 bits per heavy atom. The van der Waals surface area contributed by atoms with Crippen molar-refractivity contribution in [2.75, 3.05) is 13.2 Å². The summed E-state index contributed by atoms with van der Waals surface area (Å²) in [4.78, 5) is 15.1. The van der Waals surface area contributed by atoms with Crippen molar-refractivity contribution in [3.05, 3.63) is 21.9 Å². The lowest BCUT2D eigenvalue weighted by molar-refractivity contribution is -0.0385. The molecule has 88 valence electrons. The average molecular weight is 239 g/mol. The third-order valence-corrected chi connectivity index (χ3v) is 3.93. The molecular formula is C12H17NO2S. The van der Waals surface area contributed by atoms with Crippen molar-refractivity contribution in [2.24, 2.45) is 0 Å². The summed E-state index contributed by atoms with van der Waals surface area (Å²) in [5.74, 6) is 0.148. The zero-order chi connectivity index (χ0) is 11.7. The van der Waals surface area contributed by atoms with Crippen LogP contribution in [0.2, 0.25) is 0 Å². The van der Waals surface area contributed by atoms with E-state index in [2.05, 4.69) is 0 Å². The smallest absolute Gasteiger partial charge is 0.264 e. The lowest BCUT2D eigenvalue weighted by Gasteiger charge is -2.36. The van der Waals surface area contributed by atoms with Crippen LogP contribution in [0.25, 0.3) is 0 Å². The topological polar surface area (TPSA) is 29.5 Å². The second-order valence-electron chi connectivity index (χ2n) is 4.38. The minimum Gasteiger partial charge on any atom is -0.375 e. The molecule has 1 fully saturated rings. The maximum Gasteiger partial charge on any atom is 0.264 e. The first-order valence-corrected chi connectivity index (χ1v) is 6.44. The summed E-state index contributed by atoms with van der Waals surface area (Å²) in [6, 6.07) is 2.16. The largest absolute Gasteiger partial charge is 0.375 e. The van der Waals surface area contributed by atoms with Gasteiger partial charge in [0.1, 0.15) is 0 Å². The molecule has 0 spiro atoms. The average Bonchev–Trinajstić information content (AvgIpc) is 2.67. The normalized spacial score (nSPS) is 25.8. The van der Waals surface area contributed by atoms with Crippen LogP contribution < -0.4 is 0 Å². The molecule has 1 amide bonds. The summed E-state index contributed by atoms with van der Waals surface area (Å²) in [6.07, 6.45) is 0.139. The SMILES string of the molecule is Cc1ccsc1C(=O)N1C[C@H](C)OC[C@@H]1C. The Hall–Kier alpha value is -0.870. The summed E-state index contributed by atoms with van der Waals surface area (Å²) >= 11 is 1.52. The Kier molecular flexibility index (Phi) is 3.30. The van der Waals surface area contributed by atoms with Crippen LogP contribution in [0.4, 0.5) is 0 Å². The van der Waals surface area contributed by atoms with Crippen LogP contribution in [-0.2, 0) is 4.74 Å². The molecule has 0 N–H and O–H groups in total. The van der Waals surface area contributed by atoms with Gasteiger partial charge in [-0.3, -0.25) is 4.79 Å². The van der Waals surface area contributed by atoms with E-state index >= 15 is 0 Å². The van der Waals surface area contributed by atoms with Crippen LogP contribution in [0.3, 0.4) is 0 Å². The monoisotopic (exact) mass is 239 g/mol. The van der Waals surface area contributed by atoms with E-state index in [4.69, 9.17) is 4.74 Å². The molecule has 0 saturated carbocycles. The molecule has 0 aliphatic carbocycles. The Labute approximate surface area is 100 Å². The predicted octanol–water partition coefficient (Wildman–Crippen LogP) is 2.31. The Balaban J connectivity index is 2.18. The van der Waals surface area contributed by atoms with Gasteiger partial charge in [-0.05, 0) is 37.8 Å². The summed E-state index contributed by atoms with van der Waals surface area (Å²) in [5, 5.41) is 1.97. The molecule has 4 heteroatoms. The number of aryl methyl sites for hydroxylation is 1. The molecule has 0 radical (unpaired) electrons. The first kappa shape index (κ1) is 11.6. The van der Waals surface area contributed by atoms with Crippen LogP contribution in [0.15, 0.2) is 11.4 Å². The Morgan fingerprint density at radius 1 is 1.56 bits per heavy atom. The molecule has 2 rings (SSSR count). The number of amides is 1. The molecule has 0 aromatic carbocycles. The fourth-order valence-electron chi connectivity index (χ4n) is 1.91. The molecule has 1 aliphatic heterocycles. The molecule has 0 unspecified atom stereocenters. The van der Waals surface area contributed by atoms with Crippen molar-refractivity contribution < 1.29 is 9.53 Å². The third-order valence-electron chi connectivity index (χ3n) is 2.93. The van der Waals surface area contributed by atoms with Gasteiger partial charge in [-0.15, -0.1) is 11.3 Å². The quantitative estimate of drug-likeness (QED) is 0.752. The van der Waals surface area contributed by atoms with E-state index in [1.165, 1.54) is 11.3 Å². The van der Waals surface area contributed by atoms with Crippen molar-refractivity contribution >= 4 is 17.2 Å². The molecule has 0 bridgehead atoms. The van der Waals surface area contributed by atoms with E-state index < -0.39 is 0 Å². The molecule has 2 heterocycles. The predicted molar refractivity (Wildman–Crippen MR) is 65.0 cm³/mol. The maximum absolute atomic E-state index is 12.3. The van der Waals surface area contributed by atoms with Gasteiger partial charge in [-0.2, -0.15) is 0 Å². The summed E-state index contributed by atoms with van der Waals surface area (Å²) in [5.41, 5.74) is 1.07. The van der Waals surface area contributed by atoms with Crippen LogP contribution in [0, 0.1) is 6.92 Å². The van der Waals surface area contributed by atoms with E-state index in [0.717, 1.165) is 10.4 Å². The van der Waals surface area contributed by atoms with Crippen molar-refractivity contribution in [3.63, 3.8) is 0 Å². The van der Waals surface area contributed by atoms with E-state index in [0.29, 0.717) is 13.2 Å². The van der Waals surface area contributed by atoms with E-state index in [9.17, 15) is 4.79 Å². The maximum atomic E-state index is 12.3. The van der Waals surface area contributed by atoms with Gasteiger partial charge in [0.2, 0.25) is 0 Å². The van der Waals surface area contributed by atoms with Crippen LogP contribution >= 0.6 is 11.3 Å². The van der Waals surface area contributed by atoms with Gasteiger partial charge in [-0.1, -0.05) is 0 Å². The molecule has 1 aromatic heterocycles. The molecule has 1 saturated heterocycles. The van der Waals surface area contributed by atoms with Crippen LogP contribution in [0.5, 0.6) is 0 Å². The number of hydrogen-bond donors (Lipinski definition) is 0. The number of thiophene rings is 1. The fourth-order valence-corrected chi connectivity index (χ4v) is 2.79. The fraction of sp³-hybridized carbons (Fsp3) is 0.583. The highest BCUT2D eigenvalue weighted by molar-refractivity contribution is 7.12. The molecular weight excluding hydrogens is 222 g/mol. The van der Waals surface area contributed by atoms with Gasteiger partial charge in [0.15, 0.2) is 0 Å². The third kappa shape index (κ3) is 2.13. The van der Waals surface area contributed by atoms with Gasteiger partial charge >= 0.3 is 0 Å². The van der Waals surface area contributed by atoms with E-state index in [-0.39, 0.29) is 18.1 Å². The van der Waals surface area contributed by atoms with Gasteiger partial charge in [0.05, 0.1) is 23.6 Å². The second-order valence-corrected chi connectivity index (χ2v) is 5.30. The summed E-state index contributed by atoms with van der Waals surface area (Å²) < 4.78 is 5.53. The van der Waals surface area contributed by atoms with E-state index in [1.54, 1.807) is 0 Å². The van der Waals surface area contributed by atoms with Crippen LogP contribution in [0.1, 0.15) is 29.1 Å². The zero-order valence-corrected chi connectivity index (χ0v) is 10.7. The van der Waals surface area contributed by atoms with Crippen molar-refractivity contribution in [1.82, 2.24) is 4.90 Å². The van der Waals surface area contributed by atoms with Crippen molar-refractivity contribution in [2.45, 2.75) is 32.9 Å². The summed E-state index contributed by atoms with van der Waals surface area (Å²) in [7, 11) is 0. The molecule has 16 heavy (non-hydrogen) atoms. The number of carbonyl (C=O) groups is 1. The van der Waals surface area contributed by atoms with Gasteiger partial charge < -0.3 is 9.64 Å². The highest BCUT2D eigenvalue weighted by Crippen LogP contribution is 2.21. The summed E-state index contributed by atoms with van der Waals surface area (Å²) in [6.45, 7) is 7.35. The lowest BCUT2D eigenvalue weighted by atomic mass is 10.2. The Bertz CT molecular complexity index is 388. The molecule has 1 aliphatic rings. The minimum atomic E-state index is 0.139. The lowest BCUT2D eigenvalue weighted by Crippen LogP contribution is -2.50. The minimum absolute atomic E-state index is 0.139. The second kappa shape index (κ2) is 4.55. The Morgan fingerprint density at radius 2 is 2.31 bits per heavy atom. The zero-order valence-electron chi connectivity index (χ0n) is 9.90. The van der Waals surface area contributed by atoms with Crippen LogP contribution in [-0.4, -0.2) is 36.1 Å². The first-order chi connectivity index (χ1) is 7.59.